The number of aryl methyl sites for hydroxylation is 2. The first kappa shape index (κ1) is 19.6. The van der Waals surface area contributed by atoms with Gasteiger partial charge in [-0.1, -0.05) is 55.5 Å². The van der Waals surface area contributed by atoms with E-state index in [1.807, 2.05) is 50.2 Å². The summed E-state index contributed by atoms with van der Waals surface area (Å²) in [5, 5.41) is 11.1. The number of ketones is 1. The minimum absolute atomic E-state index is 0.0699. The molecule has 30 heavy (non-hydrogen) atoms. The Bertz CT molecular complexity index is 1130. The van der Waals surface area contributed by atoms with Crippen LogP contribution < -0.4 is 4.90 Å². The van der Waals surface area contributed by atoms with Crippen LogP contribution in [0.1, 0.15) is 35.2 Å². The number of carbonyl (C=O) groups excluding carboxylic acids is 2. The van der Waals surface area contributed by atoms with Crippen molar-refractivity contribution < 1.29 is 14.7 Å². The van der Waals surface area contributed by atoms with Crippen molar-refractivity contribution in [3.63, 3.8) is 0 Å². The van der Waals surface area contributed by atoms with Gasteiger partial charge in [0.15, 0.2) is 0 Å². The molecule has 1 amide bonds. The van der Waals surface area contributed by atoms with E-state index in [-0.39, 0.29) is 11.3 Å². The maximum Gasteiger partial charge on any atom is 0.300 e. The molecule has 1 N–H and O–H groups in total. The number of nitrogens with zero attached hydrogens (tertiary/aromatic N) is 2. The van der Waals surface area contributed by atoms with Crippen molar-refractivity contribution in [3.8, 4) is 0 Å². The Labute approximate surface area is 175 Å². The van der Waals surface area contributed by atoms with Crippen molar-refractivity contribution in [2.24, 2.45) is 0 Å². The number of anilines is 1. The smallest absolute Gasteiger partial charge is 0.300 e. The highest BCUT2D eigenvalue weighted by atomic mass is 16.3. The molecular weight excluding hydrogens is 376 g/mol. The summed E-state index contributed by atoms with van der Waals surface area (Å²) < 4.78 is 0. The van der Waals surface area contributed by atoms with Crippen LogP contribution in [0.3, 0.4) is 0 Å². The number of aromatic nitrogens is 1. The van der Waals surface area contributed by atoms with E-state index in [9.17, 15) is 14.7 Å². The molecule has 0 saturated carbocycles. The molecule has 5 nitrogen and oxygen atoms in total. The van der Waals surface area contributed by atoms with Crippen LogP contribution in [0.25, 0.3) is 5.76 Å². The first-order valence-corrected chi connectivity index (χ1v) is 9.88. The first-order valence-electron chi connectivity index (χ1n) is 9.88. The number of hydrogen-bond donors (Lipinski definition) is 1. The van der Waals surface area contributed by atoms with Crippen molar-refractivity contribution >= 4 is 23.1 Å². The maximum atomic E-state index is 13.1. The molecule has 2 heterocycles. The highest BCUT2D eigenvalue weighted by Gasteiger charge is 2.47. The van der Waals surface area contributed by atoms with Crippen molar-refractivity contribution in [1.29, 1.82) is 0 Å². The molecule has 1 saturated heterocycles. The zero-order valence-electron chi connectivity index (χ0n) is 16.9. The Kier molecular flexibility index (Phi) is 5.19. The second kappa shape index (κ2) is 7.95. The Morgan fingerprint density at radius 2 is 1.77 bits per heavy atom. The number of pyridine rings is 1. The Hall–Kier alpha value is -3.73. The number of carbonyl (C=O) groups is 2. The largest absolute Gasteiger partial charge is 0.507 e. The van der Waals surface area contributed by atoms with E-state index in [4.69, 9.17) is 0 Å². The van der Waals surface area contributed by atoms with Crippen LogP contribution in [0.5, 0.6) is 0 Å². The van der Waals surface area contributed by atoms with Crippen molar-refractivity contribution in [2.45, 2.75) is 26.3 Å². The van der Waals surface area contributed by atoms with E-state index >= 15 is 0 Å². The minimum Gasteiger partial charge on any atom is -0.507 e. The van der Waals surface area contributed by atoms with Crippen LogP contribution in [0.15, 0.2) is 78.6 Å². The summed E-state index contributed by atoms with van der Waals surface area (Å²) in [7, 11) is 0. The van der Waals surface area contributed by atoms with Crippen molar-refractivity contribution in [3.05, 3.63) is 101 Å². The third-order valence-electron chi connectivity index (χ3n) is 5.46. The van der Waals surface area contributed by atoms with Gasteiger partial charge in [0.25, 0.3) is 11.7 Å². The van der Waals surface area contributed by atoms with Gasteiger partial charge in [-0.25, -0.2) is 0 Å². The van der Waals surface area contributed by atoms with E-state index < -0.39 is 17.7 Å². The molecule has 1 atom stereocenters. The van der Waals surface area contributed by atoms with Gasteiger partial charge in [0, 0.05) is 23.6 Å². The van der Waals surface area contributed by atoms with Gasteiger partial charge in [-0.05, 0) is 42.2 Å². The van der Waals surface area contributed by atoms with E-state index in [0.29, 0.717) is 16.8 Å². The van der Waals surface area contributed by atoms with Crippen LogP contribution >= 0.6 is 0 Å². The summed E-state index contributed by atoms with van der Waals surface area (Å²) in [5.41, 5.74) is 3.85. The summed E-state index contributed by atoms with van der Waals surface area (Å²) in [4.78, 5) is 31.8. The third kappa shape index (κ3) is 3.28. The molecule has 1 aliphatic heterocycles. The van der Waals surface area contributed by atoms with Crippen LogP contribution in [-0.2, 0) is 16.0 Å². The number of aliphatic hydroxyl groups is 1. The first-order chi connectivity index (χ1) is 14.5. The molecule has 0 radical (unpaired) electrons. The van der Waals surface area contributed by atoms with Gasteiger partial charge in [-0.15, -0.1) is 0 Å². The van der Waals surface area contributed by atoms with Gasteiger partial charge >= 0.3 is 0 Å². The number of rotatable bonds is 4. The lowest BCUT2D eigenvalue weighted by molar-refractivity contribution is -0.132. The average molecular weight is 398 g/mol. The molecule has 150 valence electrons. The third-order valence-corrected chi connectivity index (χ3v) is 5.46. The van der Waals surface area contributed by atoms with Gasteiger partial charge in [-0.2, -0.15) is 0 Å². The molecule has 1 unspecified atom stereocenters. The highest BCUT2D eigenvalue weighted by molar-refractivity contribution is 6.51. The molecular formula is C25H22N2O3. The molecule has 5 heteroatoms. The SMILES string of the molecule is CCc1ccc(/C(O)=C2\C(=O)C(=O)N(c3ccccc3C)C2c2cccnc2)cc1. The molecule has 0 aliphatic carbocycles. The molecule has 0 bridgehead atoms. The lowest BCUT2D eigenvalue weighted by Crippen LogP contribution is -2.30. The van der Waals surface area contributed by atoms with E-state index in [2.05, 4.69) is 4.98 Å². The Morgan fingerprint density at radius 1 is 1.03 bits per heavy atom. The zero-order valence-corrected chi connectivity index (χ0v) is 16.9. The molecule has 0 spiro atoms. The maximum absolute atomic E-state index is 13.1. The number of aliphatic hydroxyl groups excluding tert-OH is 1. The minimum atomic E-state index is -0.759. The lowest BCUT2D eigenvalue weighted by Gasteiger charge is -2.26. The van der Waals surface area contributed by atoms with Crippen LogP contribution in [-0.4, -0.2) is 21.8 Å². The topological polar surface area (TPSA) is 70.5 Å². The highest BCUT2D eigenvalue weighted by Crippen LogP contribution is 2.42. The molecule has 1 aliphatic rings. The normalized spacial score (nSPS) is 18.1. The number of hydrogen-bond acceptors (Lipinski definition) is 4. The number of amides is 1. The summed E-state index contributed by atoms with van der Waals surface area (Å²) >= 11 is 0. The second-order valence-electron chi connectivity index (χ2n) is 7.29. The fraction of sp³-hybridized carbons (Fsp3) is 0.160. The predicted molar refractivity (Wildman–Crippen MR) is 116 cm³/mol. The predicted octanol–water partition coefficient (Wildman–Crippen LogP) is 4.58. The van der Waals surface area contributed by atoms with Gasteiger partial charge < -0.3 is 5.11 Å². The zero-order chi connectivity index (χ0) is 21.3. The quantitative estimate of drug-likeness (QED) is 0.397. The summed E-state index contributed by atoms with van der Waals surface area (Å²) in [6.45, 7) is 3.93. The molecule has 1 fully saturated rings. The molecule has 4 rings (SSSR count). The van der Waals surface area contributed by atoms with Gasteiger partial charge in [0.2, 0.25) is 0 Å². The van der Waals surface area contributed by atoms with Crippen molar-refractivity contribution in [2.75, 3.05) is 4.90 Å². The molecule has 3 aromatic rings. The van der Waals surface area contributed by atoms with Gasteiger partial charge in [0.1, 0.15) is 5.76 Å². The van der Waals surface area contributed by atoms with E-state index in [1.54, 1.807) is 36.7 Å². The van der Waals surface area contributed by atoms with Crippen LogP contribution in [0, 0.1) is 6.92 Å². The average Bonchev–Trinajstić information content (AvgIpc) is 3.05. The number of benzene rings is 2. The second-order valence-corrected chi connectivity index (χ2v) is 7.29. The molecule has 2 aromatic carbocycles. The monoisotopic (exact) mass is 398 g/mol. The Morgan fingerprint density at radius 3 is 2.40 bits per heavy atom. The molecule has 1 aromatic heterocycles. The van der Waals surface area contributed by atoms with Gasteiger partial charge in [-0.3, -0.25) is 19.5 Å². The lowest BCUT2D eigenvalue weighted by atomic mass is 9.95. The fourth-order valence-electron chi connectivity index (χ4n) is 3.82. The van der Waals surface area contributed by atoms with Crippen molar-refractivity contribution in [1.82, 2.24) is 4.98 Å². The van der Waals surface area contributed by atoms with Gasteiger partial charge in [0.05, 0.1) is 11.6 Å². The van der Waals surface area contributed by atoms with Crippen LogP contribution in [0.4, 0.5) is 5.69 Å². The Balaban J connectivity index is 1.93. The summed E-state index contributed by atoms with van der Waals surface area (Å²) in [6, 6.07) is 17.6. The number of Topliss-reactive ketones (excluding diaryl/α,β-unsaturated/α-hetero) is 1. The standard InChI is InChI=1S/C25H22N2O3/c1-3-17-10-12-18(13-11-17)23(28)21-22(19-8-6-14-26-15-19)27(25(30)24(21)29)20-9-5-4-7-16(20)2/h4-15,22,28H,3H2,1-2H3/b23-21+. The summed E-state index contributed by atoms with van der Waals surface area (Å²) in [5.74, 6) is -1.55. The number of para-hydroxylation sites is 1. The fourth-order valence-corrected chi connectivity index (χ4v) is 3.82. The van der Waals surface area contributed by atoms with E-state index in [1.165, 1.54) is 4.90 Å². The van der Waals surface area contributed by atoms with E-state index in [0.717, 1.165) is 17.5 Å². The summed E-state index contributed by atoms with van der Waals surface area (Å²) in [6.07, 6.45) is 4.12. The van der Waals surface area contributed by atoms with Crippen LogP contribution in [0.2, 0.25) is 0 Å².